The van der Waals surface area contributed by atoms with Crippen LogP contribution in [0.25, 0.3) is 11.5 Å². The summed E-state index contributed by atoms with van der Waals surface area (Å²) in [5.41, 5.74) is -0.313. The van der Waals surface area contributed by atoms with E-state index in [1.165, 1.54) is 18.2 Å². The van der Waals surface area contributed by atoms with Crippen LogP contribution < -0.4 is 0 Å². The summed E-state index contributed by atoms with van der Waals surface area (Å²) in [6.45, 7) is 3.61. The van der Waals surface area contributed by atoms with E-state index in [0.29, 0.717) is 11.4 Å². The van der Waals surface area contributed by atoms with Crippen LogP contribution in [-0.2, 0) is 10.3 Å². The molecule has 1 aromatic heterocycles. The standard InChI is InChI=1S/C12H14N2O4/c1-12(2,17-3)11-13-10(18-14-11)8-5-4-7(15)6-9(8)16/h4-6,15-16H,1-3H3. The van der Waals surface area contributed by atoms with Crippen LogP contribution in [0.1, 0.15) is 19.7 Å². The van der Waals surface area contributed by atoms with Gasteiger partial charge in [-0.25, -0.2) is 0 Å². The molecule has 0 aliphatic heterocycles. The molecule has 0 saturated carbocycles. The molecule has 6 heteroatoms. The van der Waals surface area contributed by atoms with E-state index < -0.39 is 5.60 Å². The lowest BCUT2D eigenvalue weighted by Gasteiger charge is -2.17. The molecular weight excluding hydrogens is 236 g/mol. The number of ether oxygens (including phenoxy) is 1. The molecule has 1 heterocycles. The Morgan fingerprint density at radius 3 is 2.61 bits per heavy atom. The average molecular weight is 250 g/mol. The first-order valence-corrected chi connectivity index (χ1v) is 5.36. The van der Waals surface area contributed by atoms with Gasteiger partial charge in [0.1, 0.15) is 17.1 Å². The third-order valence-corrected chi connectivity index (χ3v) is 2.69. The zero-order valence-electron chi connectivity index (χ0n) is 10.3. The largest absolute Gasteiger partial charge is 0.508 e. The Labute approximate surface area is 104 Å². The van der Waals surface area contributed by atoms with Crippen LogP contribution >= 0.6 is 0 Å². The molecule has 2 N–H and O–H groups in total. The summed E-state index contributed by atoms with van der Waals surface area (Å²) in [6.07, 6.45) is 0. The molecule has 0 bridgehead atoms. The van der Waals surface area contributed by atoms with E-state index in [2.05, 4.69) is 10.1 Å². The van der Waals surface area contributed by atoms with Gasteiger partial charge < -0.3 is 19.5 Å². The van der Waals surface area contributed by atoms with Crippen LogP contribution in [-0.4, -0.2) is 27.5 Å². The maximum Gasteiger partial charge on any atom is 0.261 e. The van der Waals surface area contributed by atoms with E-state index in [0.717, 1.165) is 0 Å². The number of aromatic hydroxyl groups is 2. The number of benzene rings is 1. The molecular formula is C12H14N2O4. The summed E-state index contributed by atoms with van der Waals surface area (Å²) in [4.78, 5) is 4.17. The smallest absolute Gasteiger partial charge is 0.261 e. The van der Waals surface area contributed by atoms with Crippen LogP contribution in [0.2, 0.25) is 0 Å². The van der Waals surface area contributed by atoms with Crippen LogP contribution in [0.15, 0.2) is 22.7 Å². The third kappa shape index (κ3) is 2.14. The first kappa shape index (κ1) is 12.4. The Morgan fingerprint density at radius 1 is 1.28 bits per heavy atom. The number of nitrogens with zero attached hydrogens (tertiary/aromatic N) is 2. The molecule has 0 fully saturated rings. The molecule has 1 aromatic carbocycles. The van der Waals surface area contributed by atoms with E-state index in [9.17, 15) is 10.2 Å². The molecule has 6 nitrogen and oxygen atoms in total. The van der Waals surface area contributed by atoms with Crippen molar-refractivity contribution in [1.29, 1.82) is 0 Å². The fraction of sp³-hybridized carbons (Fsp3) is 0.333. The van der Waals surface area contributed by atoms with Gasteiger partial charge >= 0.3 is 0 Å². The number of rotatable bonds is 3. The molecule has 96 valence electrons. The lowest BCUT2D eigenvalue weighted by molar-refractivity contribution is 0.00973. The van der Waals surface area contributed by atoms with Crippen molar-refractivity contribution < 1.29 is 19.5 Å². The van der Waals surface area contributed by atoms with Crippen LogP contribution in [0.5, 0.6) is 11.5 Å². The average Bonchev–Trinajstić information content (AvgIpc) is 2.79. The number of hydrogen-bond acceptors (Lipinski definition) is 6. The Morgan fingerprint density at radius 2 is 2.00 bits per heavy atom. The number of phenols is 2. The molecule has 2 rings (SSSR count). The second-order valence-electron chi connectivity index (χ2n) is 4.34. The van der Waals surface area contributed by atoms with Crippen molar-refractivity contribution in [1.82, 2.24) is 10.1 Å². The van der Waals surface area contributed by atoms with Crippen molar-refractivity contribution in [3.05, 3.63) is 24.0 Å². The minimum atomic E-state index is -0.672. The minimum absolute atomic E-state index is 0.0341. The highest BCUT2D eigenvalue weighted by Gasteiger charge is 2.27. The van der Waals surface area contributed by atoms with Gasteiger partial charge in [0.25, 0.3) is 5.89 Å². The maximum atomic E-state index is 9.70. The number of methoxy groups -OCH3 is 1. The highest BCUT2D eigenvalue weighted by atomic mass is 16.5. The lowest BCUT2D eigenvalue weighted by atomic mass is 10.1. The number of phenolic OH excluding ortho intramolecular Hbond substituents is 2. The summed E-state index contributed by atoms with van der Waals surface area (Å²) in [5.74, 6) is 0.397. The molecule has 0 radical (unpaired) electrons. The Balaban J connectivity index is 2.41. The van der Waals surface area contributed by atoms with E-state index in [1.54, 1.807) is 21.0 Å². The van der Waals surface area contributed by atoms with Crippen molar-refractivity contribution in [3.8, 4) is 23.0 Å². The van der Waals surface area contributed by atoms with Crippen LogP contribution in [0.4, 0.5) is 0 Å². The topological polar surface area (TPSA) is 88.6 Å². The van der Waals surface area contributed by atoms with Gasteiger partial charge in [0.05, 0.1) is 5.56 Å². The number of aromatic nitrogens is 2. The zero-order chi connectivity index (χ0) is 13.3. The fourth-order valence-electron chi connectivity index (χ4n) is 1.37. The summed E-state index contributed by atoms with van der Waals surface area (Å²) < 4.78 is 10.3. The van der Waals surface area contributed by atoms with Crippen molar-refractivity contribution in [2.45, 2.75) is 19.4 Å². The van der Waals surface area contributed by atoms with Gasteiger partial charge in [-0.1, -0.05) is 5.16 Å². The molecule has 18 heavy (non-hydrogen) atoms. The molecule has 0 aliphatic carbocycles. The molecule has 0 unspecified atom stereocenters. The second-order valence-corrected chi connectivity index (χ2v) is 4.34. The first-order valence-electron chi connectivity index (χ1n) is 5.36. The molecule has 0 aliphatic rings. The SMILES string of the molecule is COC(C)(C)c1noc(-c2ccc(O)cc2O)n1. The van der Waals surface area contributed by atoms with Crippen molar-refractivity contribution in [3.63, 3.8) is 0 Å². The van der Waals surface area contributed by atoms with Gasteiger partial charge in [0, 0.05) is 13.2 Å². The third-order valence-electron chi connectivity index (χ3n) is 2.69. The maximum absolute atomic E-state index is 9.70. The van der Waals surface area contributed by atoms with Crippen molar-refractivity contribution >= 4 is 0 Å². The normalized spacial score (nSPS) is 11.7. The fourth-order valence-corrected chi connectivity index (χ4v) is 1.37. The van der Waals surface area contributed by atoms with E-state index in [4.69, 9.17) is 9.26 Å². The monoisotopic (exact) mass is 250 g/mol. The summed E-state index contributed by atoms with van der Waals surface area (Å²) in [7, 11) is 1.55. The predicted octanol–water partition coefficient (Wildman–Crippen LogP) is 2.03. The highest BCUT2D eigenvalue weighted by molar-refractivity contribution is 5.63. The predicted molar refractivity (Wildman–Crippen MR) is 63.1 cm³/mol. The first-order chi connectivity index (χ1) is 8.44. The van der Waals surface area contributed by atoms with E-state index in [-0.39, 0.29) is 17.4 Å². The minimum Gasteiger partial charge on any atom is -0.508 e. The zero-order valence-corrected chi connectivity index (χ0v) is 10.3. The van der Waals surface area contributed by atoms with Gasteiger partial charge in [0.15, 0.2) is 0 Å². The second kappa shape index (κ2) is 4.30. The summed E-state index contributed by atoms with van der Waals surface area (Å²) >= 11 is 0. The van der Waals surface area contributed by atoms with Crippen molar-refractivity contribution in [2.75, 3.05) is 7.11 Å². The van der Waals surface area contributed by atoms with Crippen molar-refractivity contribution in [2.24, 2.45) is 0 Å². The quantitative estimate of drug-likeness (QED) is 0.866. The van der Waals surface area contributed by atoms with Gasteiger partial charge in [-0.15, -0.1) is 0 Å². The van der Waals surface area contributed by atoms with Gasteiger partial charge in [-0.05, 0) is 26.0 Å². The highest BCUT2D eigenvalue weighted by Crippen LogP contribution is 2.32. The van der Waals surface area contributed by atoms with Gasteiger partial charge in [-0.2, -0.15) is 4.98 Å². The van der Waals surface area contributed by atoms with Crippen LogP contribution in [0.3, 0.4) is 0 Å². The van der Waals surface area contributed by atoms with E-state index in [1.807, 2.05) is 0 Å². The molecule has 2 aromatic rings. The molecule has 0 spiro atoms. The van der Waals surface area contributed by atoms with E-state index >= 15 is 0 Å². The lowest BCUT2D eigenvalue weighted by Crippen LogP contribution is -2.21. The Kier molecular flexibility index (Phi) is 2.96. The number of hydrogen-bond donors (Lipinski definition) is 2. The summed E-state index contributed by atoms with van der Waals surface area (Å²) in [6, 6.07) is 4.14. The summed E-state index contributed by atoms with van der Waals surface area (Å²) in [5, 5.41) is 22.7. The van der Waals surface area contributed by atoms with Gasteiger partial charge in [0.2, 0.25) is 5.82 Å². The van der Waals surface area contributed by atoms with Gasteiger partial charge in [-0.3, -0.25) is 0 Å². The van der Waals surface area contributed by atoms with Crippen LogP contribution in [0, 0.1) is 0 Å². The Hall–Kier alpha value is -2.08. The molecule has 0 amide bonds. The Bertz CT molecular complexity index is 563. The molecule has 0 saturated heterocycles. The molecule has 0 atom stereocenters.